The van der Waals surface area contributed by atoms with Gasteiger partial charge in [0, 0.05) is 41.7 Å². The molecule has 1 aromatic heterocycles. The average molecular weight is 645 g/mol. The van der Waals surface area contributed by atoms with Gasteiger partial charge in [0.05, 0.1) is 30.1 Å². The molecule has 0 bridgehead atoms. The van der Waals surface area contributed by atoms with Crippen LogP contribution >= 0.6 is 0 Å². The Balaban J connectivity index is 1.41. The van der Waals surface area contributed by atoms with E-state index in [4.69, 9.17) is 4.74 Å². The fourth-order valence-corrected chi connectivity index (χ4v) is 5.89. The molecule has 1 aliphatic heterocycles. The number of carbonyl (C=O) groups is 3. The number of hydrogen-bond acceptors (Lipinski definition) is 6. The first kappa shape index (κ1) is 35.8. The van der Waals surface area contributed by atoms with E-state index in [2.05, 4.69) is 41.7 Å². The van der Waals surface area contributed by atoms with Gasteiger partial charge in [-0.1, -0.05) is 74.9 Å². The zero-order valence-corrected chi connectivity index (χ0v) is 29.4. The minimum atomic E-state index is -0.769. The number of benzene rings is 2. The van der Waals surface area contributed by atoms with Crippen molar-refractivity contribution < 1.29 is 19.1 Å². The Morgan fingerprint density at radius 2 is 1.64 bits per heavy atom. The fourth-order valence-electron chi connectivity index (χ4n) is 5.89. The van der Waals surface area contributed by atoms with Crippen molar-refractivity contribution in [1.29, 1.82) is 0 Å². The van der Waals surface area contributed by atoms with E-state index in [0.29, 0.717) is 32.4 Å². The molecule has 0 radical (unpaired) electrons. The van der Waals surface area contributed by atoms with Gasteiger partial charge in [0.25, 0.3) is 0 Å². The number of fused-ring (bicyclic) bond motifs is 5. The first-order chi connectivity index (χ1) is 22.2. The molecular weight excluding hydrogens is 592 g/mol. The van der Waals surface area contributed by atoms with Crippen LogP contribution in [0.25, 0.3) is 22.5 Å². The van der Waals surface area contributed by atoms with E-state index >= 15 is 0 Å². The second-order valence-electron chi connectivity index (χ2n) is 14.2. The third kappa shape index (κ3) is 8.86. The van der Waals surface area contributed by atoms with Crippen LogP contribution in [0.2, 0.25) is 0 Å². The minimum Gasteiger partial charge on any atom is -0.376 e. The Hall–Kier alpha value is -4.05. The molecule has 0 saturated heterocycles. The van der Waals surface area contributed by atoms with Crippen LogP contribution in [0.5, 0.6) is 0 Å². The molecule has 2 N–H and O–H groups in total. The van der Waals surface area contributed by atoms with Gasteiger partial charge in [-0.25, -0.2) is 4.68 Å². The predicted molar refractivity (Wildman–Crippen MR) is 186 cm³/mol. The molecular formula is C37H52N6O4. The van der Waals surface area contributed by atoms with Gasteiger partial charge in [-0.2, -0.15) is 0 Å². The van der Waals surface area contributed by atoms with E-state index in [1.807, 2.05) is 87.8 Å². The number of nitrogens with one attached hydrogen (secondary N) is 2. The highest BCUT2D eigenvalue weighted by Gasteiger charge is 2.32. The minimum absolute atomic E-state index is 0.0285. The summed E-state index contributed by atoms with van der Waals surface area (Å²) in [6.07, 6.45) is 3.41. The maximum atomic E-state index is 13.9. The monoisotopic (exact) mass is 644 g/mol. The van der Waals surface area contributed by atoms with Crippen molar-refractivity contribution in [2.45, 2.75) is 112 Å². The van der Waals surface area contributed by atoms with Crippen molar-refractivity contribution in [2.75, 3.05) is 18.1 Å². The lowest BCUT2D eigenvalue weighted by Crippen LogP contribution is -2.45. The number of rotatable bonds is 14. The fraction of sp³-hybridized carbons (Fsp3) is 0.541. The molecule has 1 unspecified atom stereocenters. The molecule has 3 amide bonds. The lowest BCUT2D eigenvalue weighted by molar-refractivity contribution is -0.133. The summed E-state index contributed by atoms with van der Waals surface area (Å²) in [7, 11) is 0. The van der Waals surface area contributed by atoms with E-state index in [1.54, 1.807) is 4.90 Å². The molecule has 10 nitrogen and oxygen atoms in total. The number of ether oxygens (including phenoxy) is 1. The number of anilines is 1. The molecule has 254 valence electrons. The van der Waals surface area contributed by atoms with Gasteiger partial charge in [-0.05, 0) is 65.5 Å². The number of nitrogens with zero attached hydrogens (tertiary/aromatic N) is 4. The summed E-state index contributed by atoms with van der Waals surface area (Å²) in [6, 6.07) is 16.0. The molecule has 0 fully saturated rings. The summed E-state index contributed by atoms with van der Waals surface area (Å²) in [6.45, 7) is 16.4. The third-order valence-electron chi connectivity index (χ3n) is 8.85. The molecule has 2 heterocycles. The molecule has 47 heavy (non-hydrogen) atoms. The zero-order valence-electron chi connectivity index (χ0n) is 29.4. The smallest absolute Gasteiger partial charge is 0.246 e. The van der Waals surface area contributed by atoms with Gasteiger partial charge in [-0.15, -0.1) is 5.10 Å². The highest BCUT2D eigenvalue weighted by atomic mass is 16.5. The van der Waals surface area contributed by atoms with Crippen molar-refractivity contribution in [3.8, 4) is 22.5 Å². The Labute approximate surface area is 279 Å². The van der Waals surface area contributed by atoms with Crippen molar-refractivity contribution in [3.63, 3.8) is 0 Å². The Kier molecular flexibility index (Phi) is 11.6. The first-order valence-electron chi connectivity index (χ1n) is 16.9. The Morgan fingerprint density at radius 3 is 2.34 bits per heavy atom. The van der Waals surface area contributed by atoms with Gasteiger partial charge in [0.2, 0.25) is 17.7 Å². The first-order valence-corrected chi connectivity index (χ1v) is 16.9. The molecule has 1 aliphatic rings. The number of aromatic nitrogens is 3. The second-order valence-corrected chi connectivity index (χ2v) is 14.2. The summed E-state index contributed by atoms with van der Waals surface area (Å²) in [5, 5.41) is 15.0. The summed E-state index contributed by atoms with van der Waals surface area (Å²) in [4.78, 5) is 41.4. The Bertz CT molecular complexity index is 1560. The lowest BCUT2D eigenvalue weighted by atomic mass is 9.88. The summed E-state index contributed by atoms with van der Waals surface area (Å²) < 4.78 is 8.04. The summed E-state index contributed by atoms with van der Waals surface area (Å²) in [5.74, 6) is -0.408. The number of hydrogen-bond donors (Lipinski definition) is 2. The van der Waals surface area contributed by atoms with Crippen LogP contribution in [-0.4, -0.2) is 57.5 Å². The second kappa shape index (κ2) is 15.2. The number of carbonyl (C=O) groups excluding carboxylic acids is 3. The van der Waals surface area contributed by atoms with Gasteiger partial charge in [0.15, 0.2) is 0 Å². The molecule has 3 aromatic rings. The third-order valence-corrected chi connectivity index (χ3v) is 8.85. The molecule has 2 aromatic carbocycles. The highest BCUT2D eigenvalue weighted by Crippen LogP contribution is 2.41. The number of para-hydroxylation sites is 1. The molecule has 0 saturated carbocycles. The quantitative estimate of drug-likeness (QED) is 0.208. The van der Waals surface area contributed by atoms with E-state index in [9.17, 15) is 14.4 Å². The van der Waals surface area contributed by atoms with E-state index < -0.39 is 11.0 Å². The van der Waals surface area contributed by atoms with Crippen LogP contribution in [-0.2, 0) is 25.7 Å². The molecule has 1 atom stereocenters. The molecule has 10 heteroatoms. The van der Waals surface area contributed by atoms with Crippen LogP contribution in [0, 0.1) is 5.41 Å². The van der Waals surface area contributed by atoms with Crippen LogP contribution in [0.1, 0.15) is 99.1 Å². The van der Waals surface area contributed by atoms with Crippen LogP contribution in [0.3, 0.4) is 0 Å². The topological polar surface area (TPSA) is 118 Å². The SMILES string of the molecule is CCCC(C)NC(=O)CCC(C)(C)OCCC(C)(C)C(=O)NCC(=O)N1Cc2ccccc2-c2nnn(C(C)C)c2-c2ccccc21. The normalized spacial score (nSPS) is 13.6. The predicted octanol–water partition coefficient (Wildman–Crippen LogP) is 6.45. The van der Waals surface area contributed by atoms with Crippen molar-refractivity contribution in [1.82, 2.24) is 25.6 Å². The standard InChI is InChI=1S/C37H52N6O4/c1-9-14-26(4)39-31(44)19-20-37(7,8)47-22-21-36(5,6)35(46)38-23-32(45)42-24-27-15-10-11-16-28(27)33-34(43(25(2)3)41-40-33)29-17-12-13-18-30(29)42/h10-13,15-18,25-26H,9,14,19-24H2,1-8H3,(H,38,46)(H,39,44). The molecule has 0 aliphatic carbocycles. The maximum absolute atomic E-state index is 13.9. The molecule has 0 spiro atoms. The van der Waals surface area contributed by atoms with Crippen molar-refractivity contribution in [2.24, 2.45) is 5.41 Å². The summed E-state index contributed by atoms with van der Waals surface area (Å²) >= 11 is 0. The number of amides is 3. The van der Waals surface area contributed by atoms with Crippen LogP contribution in [0.15, 0.2) is 48.5 Å². The van der Waals surface area contributed by atoms with Crippen LogP contribution in [0.4, 0.5) is 5.69 Å². The van der Waals surface area contributed by atoms with Crippen molar-refractivity contribution in [3.05, 3.63) is 54.1 Å². The van der Waals surface area contributed by atoms with E-state index in [0.717, 1.165) is 46.6 Å². The van der Waals surface area contributed by atoms with Crippen molar-refractivity contribution >= 4 is 23.4 Å². The van der Waals surface area contributed by atoms with Gasteiger partial charge in [-0.3, -0.25) is 14.4 Å². The van der Waals surface area contributed by atoms with Gasteiger partial charge < -0.3 is 20.3 Å². The average Bonchev–Trinajstić information content (AvgIpc) is 3.45. The zero-order chi connectivity index (χ0) is 34.4. The molecule has 4 rings (SSSR count). The van der Waals surface area contributed by atoms with E-state index in [1.165, 1.54) is 0 Å². The lowest BCUT2D eigenvalue weighted by Gasteiger charge is -2.30. The van der Waals surface area contributed by atoms with Gasteiger partial charge in [0.1, 0.15) is 5.69 Å². The van der Waals surface area contributed by atoms with Gasteiger partial charge >= 0.3 is 0 Å². The largest absolute Gasteiger partial charge is 0.376 e. The Morgan fingerprint density at radius 1 is 0.957 bits per heavy atom. The maximum Gasteiger partial charge on any atom is 0.246 e. The highest BCUT2D eigenvalue weighted by molar-refractivity contribution is 6.02. The van der Waals surface area contributed by atoms with Crippen LogP contribution < -0.4 is 15.5 Å². The summed E-state index contributed by atoms with van der Waals surface area (Å²) in [5.41, 5.74) is 3.86. The van der Waals surface area contributed by atoms with E-state index in [-0.39, 0.29) is 36.3 Å².